The van der Waals surface area contributed by atoms with Gasteiger partial charge >= 0.3 is 0 Å². The van der Waals surface area contributed by atoms with E-state index in [-0.39, 0.29) is 12.2 Å². The molecule has 1 aliphatic rings. The lowest BCUT2D eigenvalue weighted by Gasteiger charge is -2.20. The first-order valence-corrected chi connectivity index (χ1v) is 10.3. The Labute approximate surface area is 169 Å². The molecule has 2 atom stereocenters. The van der Waals surface area contributed by atoms with Gasteiger partial charge in [0, 0.05) is 24.5 Å². The number of hydrogen-bond donors (Lipinski definition) is 1. The monoisotopic (exact) mass is 389 g/mol. The van der Waals surface area contributed by atoms with Crippen LogP contribution in [0.4, 0.5) is 0 Å². The van der Waals surface area contributed by atoms with Gasteiger partial charge in [-0.05, 0) is 62.1 Å². The van der Waals surface area contributed by atoms with E-state index in [0.29, 0.717) is 0 Å². The predicted molar refractivity (Wildman–Crippen MR) is 115 cm³/mol. The highest BCUT2D eigenvalue weighted by atomic mass is 35.5. The fourth-order valence-electron chi connectivity index (χ4n) is 2.98. The molecule has 0 bridgehead atoms. The Hall–Kier alpha value is -1.71. The minimum Gasteiger partial charge on any atom is -0.495 e. The molecule has 1 heterocycles. The van der Waals surface area contributed by atoms with E-state index in [2.05, 4.69) is 44.3 Å². The van der Waals surface area contributed by atoms with Crippen molar-refractivity contribution in [3.8, 4) is 5.75 Å². The summed E-state index contributed by atoms with van der Waals surface area (Å²) in [4.78, 5) is 0. The summed E-state index contributed by atoms with van der Waals surface area (Å²) in [5.74, 6) is 1.88. The first-order valence-electron chi connectivity index (χ1n) is 9.88. The largest absolute Gasteiger partial charge is 0.495 e. The predicted octanol–water partition coefficient (Wildman–Crippen LogP) is 5.84. The Bertz CT molecular complexity index is 694. The minimum atomic E-state index is 0.123. The molecule has 1 N–H and O–H groups in total. The molecule has 27 heavy (non-hydrogen) atoms. The van der Waals surface area contributed by atoms with E-state index in [4.69, 9.17) is 21.1 Å². The Balaban J connectivity index is 1.92. The average Bonchev–Trinajstić information content (AvgIpc) is 2.72. The Morgan fingerprint density at radius 2 is 2.11 bits per heavy atom. The molecule has 3 nitrogen and oxygen atoms in total. The van der Waals surface area contributed by atoms with Crippen molar-refractivity contribution in [1.29, 1.82) is 0 Å². The number of benzene rings is 1. The number of rotatable bonds is 8. The van der Waals surface area contributed by atoms with Crippen LogP contribution >= 0.6 is 11.6 Å². The van der Waals surface area contributed by atoms with Crippen LogP contribution in [0.15, 0.2) is 53.8 Å². The van der Waals surface area contributed by atoms with E-state index in [1.54, 1.807) is 0 Å². The lowest BCUT2D eigenvalue weighted by molar-refractivity contribution is 0.136. The SMILES string of the molecule is CCc1cc(Cl)ccc1OC(CC)CNCC1=C/C=C(\C)OC(C)C\C=C\1. The van der Waals surface area contributed by atoms with Crippen LogP contribution in [0.2, 0.25) is 5.02 Å². The molecule has 0 aliphatic carbocycles. The van der Waals surface area contributed by atoms with Gasteiger partial charge in [0.05, 0.1) is 11.9 Å². The third-order valence-electron chi connectivity index (χ3n) is 4.57. The van der Waals surface area contributed by atoms with E-state index in [1.807, 2.05) is 31.2 Å². The van der Waals surface area contributed by atoms with Gasteiger partial charge in [0.25, 0.3) is 0 Å². The summed E-state index contributed by atoms with van der Waals surface area (Å²) in [5, 5.41) is 4.28. The maximum Gasteiger partial charge on any atom is 0.123 e. The summed E-state index contributed by atoms with van der Waals surface area (Å²) in [6.45, 7) is 9.96. The number of ether oxygens (including phenoxy) is 2. The fraction of sp³-hybridized carbons (Fsp3) is 0.478. The van der Waals surface area contributed by atoms with Crippen LogP contribution in [0, 0.1) is 0 Å². The van der Waals surface area contributed by atoms with Crippen LogP contribution < -0.4 is 10.1 Å². The van der Waals surface area contributed by atoms with Gasteiger partial charge < -0.3 is 14.8 Å². The number of aryl methyl sites for hydroxylation is 1. The summed E-state index contributed by atoms with van der Waals surface area (Å²) in [6.07, 6.45) is 11.6. The van der Waals surface area contributed by atoms with Crippen molar-refractivity contribution in [3.63, 3.8) is 0 Å². The highest BCUT2D eigenvalue weighted by Crippen LogP contribution is 2.24. The van der Waals surface area contributed by atoms with E-state index >= 15 is 0 Å². The molecule has 0 fully saturated rings. The smallest absolute Gasteiger partial charge is 0.123 e. The van der Waals surface area contributed by atoms with Gasteiger partial charge in [0.1, 0.15) is 11.9 Å². The second kappa shape index (κ2) is 11.2. The third-order valence-corrected chi connectivity index (χ3v) is 4.81. The molecule has 1 aromatic carbocycles. The molecule has 0 saturated carbocycles. The molecule has 0 aromatic heterocycles. The van der Waals surface area contributed by atoms with E-state index in [0.717, 1.165) is 54.4 Å². The van der Waals surface area contributed by atoms with Crippen molar-refractivity contribution in [1.82, 2.24) is 5.32 Å². The second-order valence-corrected chi connectivity index (χ2v) is 7.41. The summed E-state index contributed by atoms with van der Waals surface area (Å²) < 4.78 is 12.0. The third kappa shape index (κ3) is 7.43. The van der Waals surface area contributed by atoms with Crippen LogP contribution in [-0.2, 0) is 11.2 Å². The van der Waals surface area contributed by atoms with Gasteiger partial charge in [0.15, 0.2) is 0 Å². The maximum atomic E-state index is 6.24. The van der Waals surface area contributed by atoms with Crippen molar-refractivity contribution >= 4 is 11.6 Å². The van der Waals surface area contributed by atoms with Crippen molar-refractivity contribution in [2.24, 2.45) is 0 Å². The lowest BCUT2D eigenvalue weighted by Crippen LogP contribution is -2.32. The highest BCUT2D eigenvalue weighted by molar-refractivity contribution is 6.30. The van der Waals surface area contributed by atoms with Crippen LogP contribution in [0.3, 0.4) is 0 Å². The van der Waals surface area contributed by atoms with Crippen molar-refractivity contribution in [2.45, 2.75) is 59.2 Å². The maximum absolute atomic E-state index is 6.24. The minimum absolute atomic E-state index is 0.123. The molecule has 0 saturated heterocycles. The summed E-state index contributed by atoms with van der Waals surface area (Å²) in [7, 11) is 0. The quantitative estimate of drug-likeness (QED) is 0.605. The van der Waals surface area contributed by atoms with Gasteiger partial charge in [-0.1, -0.05) is 43.7 Å². The van der Waals surface area contributed by atoms with Gasteiger partial charge in [-0.3, -0.25) is 0 Å². The van der Waals surface area contributed by atoms with Crippen LogP contribution in [0.1, 0.15) is 46.1 Å². The average molecular weight is 390 g/mol. The standard InChI is InChI=1S/C23H32ClNO2/c1-5-20-14-21(24)12-13-23(20)27-22(6-2)16-25-15-19-9-7-8-17(3)26-18(4)10-11-19/h7,9-14,17,22,25H,5-6,8,15-16H2,1-4H3/b9-7+,18-10+,19-11+. The Morgan fingerprint density at radius 3 is 2.85 bits per heavy atom. The first-order chi connectivity index (χ1) is 13.0. The lowest BCUT2D eigenvalue weighted by atomic mass is 10.1. The van der Waals surface area contributed by atoms with E-state index < -0.39 is 0 Å². The van der Waals surface area contributed by atoms with Crippen molar-refractivity contribution in [2.75, 3.05) is 13.1 Å². The molecule has 2 unspecified atom stereocenters. The van der Waals surface area contributed by atoms with Crippen LogP contribution in [0.5, 0.6) is 5.75 Å². The van der Waals surface area contributed by atoms with Gasteiger partial charge in [-0.2, -0.15) is 0 Å². The van der Waals surface area contributed by atoms with Gasteiger partial charge in [0.2, 0.25) is 0 Å². The molecule has 1 aromatic rings. The molecule has 0 radical (unpaired) electrons. The van der Waals surface area contributed by atoms with Gasteiger partial charge in [-0.25, -0.2) is 0 Å². The van der Waals surface area contributed by atoms with Gasteiger partial charge in [-0.15, -0.1) is 0 Å². The zero-order chi connectivity index (χ0) is 19.6. The number of allylic oxidation sites excluding steroid dienone is 3. The summed E-state index contributed by atoms with van der Waals surface area (Å²) in [5.41, 5.74) is 2.39. The van der Waals surface area contributed by atoms with Crippen molar-refractivity contribution < 1.29 is 9.47 Å². The topological polar surface area (TPSA) is 30.5 Å². The Kier molecular flexibility index (Phi) is 8.96. The van der Waals surface area contributed by atoms with E-state index in [1.165, 1.54) is 5.57 Å². The highest BCUT2D eigenvalue weighted by Gasteiger charge is 2.11. The molecule has 148 valence electrons. The van der Waals surface area contributed by atoms with Crippen LogP contribution in [0.25, 0.3) is 0 Å². The molecule has 4 heteroatoms. The zero-order valence-electron chi connectivity index (χ0n) is 16.9. The normalized spacial score (nSPS) is 23.5. The Morgan fingerprint density at radius 1 is 1.30 bits per heavy atom. The zero-order valence-corrected chi connectivity index (χ0v) is 17.7. The summed E-state index contributed by atoms with van der Waals surface area (Å²) >= 11 is 6.10. The fourth-order valence-corrected chi connectivity index (χ4v) is 3.17. The number of hydrogen-bond acceptors (Lipinski definition) is 3. The summed E-state index contributed by atoms with van der Waals surface area (Å²) in [6, 6.07) is 5.85. The molecular formula is C23H32ClNO2. The molecule has 2 rings (SSSR count). The second-order valence-electron chi connectivity index (χ2n) is 6.97. The molecule has 0 amide bonds. The van der Waals surface area contributed by atoms with Crippen molar-refractivity contribution in [3.05, 3.63) is 64.4 Å². The molecule has 1 aliphatic heterocycles. The number of nitrogens with one attached hydrogen (secondary N) is 1. The number of halogens is 1. The first kappa shape index (κ1) is 21.6. The van der Waals surface area contributed by atoms with Crippen LogP contribution in [-0.4, -0.2) is 25.3 Å². The van der Waals surface area contributed by atoms with E-state index in [9.17, 15) is 0 Å². The molecular weight excluding hydrogens is 358 g/mol. The molecule has 0 spiro atoms.